The zero-order valence-electron chi connectivity index (χ0n) is 13.3. The fourth-order valence-electron chi connectivity index (χ4n) is 2.26. The minimum atomic E-state index is -1.22. The van der Waals surface area contributed by atoms with Crippen LogP contribution in [0.4, 0.5) is 5.69 Å². The fourth-order valence-corrected chi connectivity index (χ4v) is 2.26. The minimum absolute atomic E-state index is 0.0925. The number of hydrogen-bond donors (Lipinski definition) is 2. The number of benzene rings is 1. The van der Waals surface area contributed by atoms with Crippen molar-refractivity contribution in [3.05, 3.63) is 65.7 Å². The molecule has 8 heteroatoms. The normalized spacial score (nSPS) is 10.4. The third kappa shape index (κ3) is 3.42. The SMILES string of the molecule is [B]c1ccc(C(=O)Nc2cnn(-c3ccc(C)nc3)c2C(=O)O)cc1. The van der Waals surface area contributed by atoms with Gasteiger partial charge in [0.05, 0.1) is 23.8 Å². The van der Waals surface area contributed by atoms with E-state index in [1.165, 1.54) is 17.1 Å². The Morgan fingerprint density at radius 2 is 1.84 bits per heavy atom. The maximum Gasteiger partial charge on any atom is 0.356 e. The van der Waals surface area contributed by atoms with Gasteiger partial charge < -0.3 is 10.4 Å². The number of carboxylic acids is 1. The van der Waals surface area contributed by atoms with Crippen molar-refractivity contribution in [3.63, 3.8) is 0 Å². The second kappa shape index (κ2) is 6.60. The summed E-state index contributed by atoms with van der Waals surface area (Å²) in [4.78, 5) is 28.1. The summed E-state index contributed by atoms with van der Waals surface area (Å²) in [6.45, 7) is 1.82. The Morgan fingerprint density at radius 3 is 2.44 bits per heavy atom. The highest BCUT2D eigenvalue weighted by molar-refractivity contribution is 6.32. The lowest BCUT2D eigenvalue weighted by molar-refractivity contribution is 0.0688. The Morgan fingerprint density at radius 1 is 1.12 bits per heavy atom. The van der Waals surface area contributed by atoms with Crippen LogP contribution in [-0.4, -0.2) is 39.6 Å². The first-order chi connectivity index (χ1) is 12.0. The highest BCUT2D eigenvalue weighted by Gasteiger charge is 2.21. The largest absolute Gasteiger partial charge is 0.476 e. The summed E-state index contributed by atoms with van der Waals surface area (Å²) in [6.07, 6.45) is 2.80. The average Bonchev–Trinajstić information content (AvgIpc) is 3.00. The third-order valence-electron chi connectivity index (χ3n) is 3.53. The van der Waals surface area contributed by atoms with E-state index in [1.807, 2.05) is 6.92 Å². The van der Waals surface area contributed by atoms with Crippen molar-refractivity contribution in [3.8, 4) is 5.69 Å². The van der Waals surface area contributed by atoms with Gasteiger partial charge in [0.1, 0.15) is 7.85 Å². The van der Waals surface area contributed by atoms with Gasteiger partial charge in [-0.2, -0.15) is 5.10 Å². The van der Waals surface area contributed by atoms with Crippen LogP contribution in [-0.2, 0) is 0 Å². The van der Waals surface area contributed by atoms with E-state index in [1.54, 1.807) is 36.4 Å². The fraction of sp³-hybridized carbons (Fsp3) is 0.0588. The summed E-state index contributed by atoms with van der Waals surface area (Å²) in [5.41, 5.74) is 2.10. The van der Waals surface area contributed by atoms with Gasteiger partial charge in [-0.05, 0) is 19.1 Å². The molecule has 1 amide bonds. The molecule has 0 aliphatic heterocycles. The smallest absolute Gasteiger partial charge is 0.356 e. The molecule has 3 rings (SSSR count). The van der Waals surface area contributed by atoms with Crippen molar-refractivity contribution in [2.75, 3.05) is 5.32 Å². The Kier molecular flexibility index (Phi) is 4.34. The van der Waals surface area contributed by atoms with Crippen LogP contribution in [0.15, 0.2) is 48.8 Å². The molecule has 0 saturated carbocycles. The topological polar surface area (TPSA) is 97.1 Å². The first-order valence-electron chi connectivity index (χ1n) is 7.37. The lowest BCUT2D eigenvalue weighted by Gasteiger charge is -2.07. The van der Waals surface area contributed by atoms with Gasteiger partial charge in [0.15, 0.2) is 5.69 Å². The summed E-state index contributed by atoms with van der Waals surface area (Å²) in [7, 11) is 5.59. The number of anilines is 1. The molecule has 2 heterocycles. The van der Waals surface area contributed by atoms with Crippen LogP contribution in [0.2, 0.25) is 0 Å². The third-order valence-corrected chi connectivity index (χ3v) is 3.53. The zero-order chi connectivity index (χ0) is 18.0. The van der Waals surface area contributed by atoms with Gasteiger partial charge in [0, 0.05) is 11.3 Å². The molecule has 2 aromatic heterocycles. The minimum Gasteiger partial charge on any atom is -0.476 e. The van der Waals surface area contributed by atoms with Crippen molar-refractivity contribution < 1.29 is 14.7 Å². The first-order valence-corrected chi connectivity index (χ1v) is 7.37. The number of pyridine rings is 1. The monoisotopic (exact) mass is 332 g/mol. The molecule has 0 atom stereocenters. The van der Waals surface area contributed by atoms with Crippen molar-refractivity contribution in [1.82, 2.24) is 14.8 Å². The molecule has 2 N–H and O–H groups in total. The molecule has 3 aromatic rings. The van der Waals surface area contributed by atoms with Crippen molar-refractivity contribution >= 4 is 30.9 Å². The van der Waals surface area contributed by atoms with Crippen molar-refractivity contribution in [1.29, 1.82) is 0 Å². The van der Waals surface area contributed by atoms with Gasteiger partial charge in [0.2, 0.25) is 0 Å². The zero-order valence-corrected chi connectivity index (χ0v) is 13.3. The summed E-state index contributed by atoms with van der Waals surface area (Å²) in [5.74, 6) is -1.67. The molecule has 1 aromatic carbocycles. The van der Waals surface area contributed by atoms with E-state index >= 15 is 0 Å². The second-order valence-electron chi connectivity index (χ2n) is 5.36. The second-order valence-corrected chi connectivity index (χ2v) is 5.36. The number of amides is 1. The number of hydrogen-bond acceptors (Lipinski definition) is 4. The molecule has 122 valence electrons. The van der Waals surface area contributed by atoms with Crippen LogP contribution in [0.25, 0.3) is 5.69 Å². The maximum absolute atomic E-state index is 12.3. The number of aromatic carboxylic acids is 1. The molecule has 0 aliphatic rings. The highest BCUT2D eigenvalue weighted by Crippen LogP contribution is 2.20. The number of carboxylic acid groups (broad SMARTS) is 1. The molecule has 0 fully saturated rings. The number of carbonyl (C=O) groups is 2. The van der Waals surface area contributed by atoms with Crippen molar-refractivity contribution in [2.24, 2.45) is 0 Å². The number of rotatable bonds is 4. The number of nitrogens with zero attached hydrogens (tertiary/aromatic N) is 3. The van der Waals surface area contributed by atoms with Gasteiger partial charge in [0.25, 0.3) is 5.91 Å². The highest BCUT2D eigenvalue weighted by atomic mass is 16.4. The molecule has 0 bridgehead atoms. The molecular weight excluding hydrogens is 319 g/mol. The van der Waals surface area contributed by atoms with Gasteiger partial charge in [-0.3, -0.25) is 9.78 Å². The molecule has 7 nitrogen and oxygen atoms in total. The molecule has 0 spiro atoms. The number of aromatic nitrogens is 3. The van der Waals surface area contributed by atoms with Gasteiger partial charge in [-0.25, -0.2) is 9.48 Å². The lowest BCUT2D eigenvalue weighted by atomic mass is 9.95. The standard InChI is InChI=1S/C17H13BN4O3/c1-10-2-7-13(8-19-10)22-15(17(24)25)14(9-20-22)21-16(23)11-3-5-12(18)6-4-11/h2-9H,1H3,(H,21,23)(H,24,25). The van der Waals surface area contributed by atoms with E-state index in [0.717, 1.165) is 5.69 Å². The molecule has 25 heavy (non-hydrogen) atoms. The predicted octanol–water partition coefficient (Wildman–Crippen LogP) is 1.32. The van der Waals surface area contributed by atoms with Crippen LogP contribution in [0.1, 0.15) is 26.5 Å². The Hall–Kier alpha value is -3.42. The van der Waals surface area contributed by atoms with E-state index in [9.17, 15) is 14.7 Å². The first kappa shape index (κ1) is 16.4. The maximum atomic E-state index is 12.3. The van der Waals surface area contributed by atoms with Crippen LogP contribution in [0.5, 0.6) is 0 Å². The Bertz CT molecular complexity index is 934. The number of aryl methyl sites for hydroxylation is 1. The quantitative estimate of drug-likeness (QED) is 0.703. The summed E-state index contributed by atoms with van der Waals surface area (Å²) in [6, 6.07) is 9.74. The molecule has 0 saturated heterocycles. The lowest BCUT2D eigenvalue weighted by Crippen LogP contribution is -2.16. The van der Waals surface area contributed by atoms with Crippen molar-refractivity contribution in [2.45, 2.75) is 6.92 Å². The number of nitrogens with one attached hydrogen (secondary N) is 1. The number of carbonyl (C=O) groups excluding carboxylic acids is 1. The van der Waals surface area contributed by atoms with E-state index < -0.39 is 11.9 Å². The van der Waals surface area contributed by atoms with Gasteiger partial charge in [-0.15, -0.1) is 0 Å². The van der Waals surface area contributed by atoms with Crippen LogP contribution < -0.4 is 10.8 Å². The van der Waals surface area contributed by atoms with E-state index in [4.69, 9.17) is 7.85 Å². The van der Waals surface area contributed by atoms with E-state index in [2.05, 4.69) is 15.4 Å². The summed E-state index contributed by atoms with van der Waals surface area (Å²) < 4.78 is 1.22. The van der Waals surface area contributed by atoms with Crippen LogP contribution >= 0.6 is 0 Å². The van der Waals surface area contributed by atoms with Gasteiger partial charge >= 0.3 is 5.97 Å². The predicted molar refractivity (Wildman–Crippen MR) is 92.8 cm³/mol. The van der Waals surface area contributed by atoms with Crippen LogP contribution in [0, 0.1) is 6.92 Å². The molecular formula is C17H13BN4O3. The molecule has 2 radical (unpaired) electrons. The summed E-state index contributed by atoms with van der Waals surface area (Å²) in [5, 5.41) is 16.1. The van der Waals surface area contributed by atoms with E-state index in [-0.39, 0.29) is 11.4 Å². The molecule has 0 unspecified atom stereocenters. The Balaban J connectivity index is 1.94. The van der Waals surface area contributed by atoms with E-state index in [0.29, 0.717) is 16.7 Å². The summed E-state index contributed by atoms with van der Waals surface area (Å²) >= 11 is 0. The molecule has 0 aliphatic carbocycles. The van der Waals surface area contributed by atoms with Crippen LogP contribution in [0.3, 0.4) is 0 Å². The average molecular weight is 332 g/mol. The Labute approximate surface area is 144 Å². The van der Waals surface area contributed by atoms with Gasteiger partial charge in [-0.1, -0.05) is 29.7 Å².